The van der Waals surface area contributed by atoms with E-state index in [-0.39, 0.29) is 17.0 Å². The van der Waals surface area contributed by atoms with Gasteiger partial charge in [0.05, 0.1) is 11.5 Å². The lowest BCUT2D eigenvalue weighted by Gasteiger charge is -2.04. The average Bonchev–Trinajstić information content (AvgIpc) is 2.91. The van der Waals surface area contributed by atoms with Crippen LogP contribution in [0.3, 0.4) is 0 Å². The van der Waals surface area contributed by atoms with Gasteiger partial charge >= 0.3 is 0 Å². The van der Waals surface area contributed by atoms with Crippen LogP contribution < -0.4 is 5.32 Å². The quantitative estimate of drug-likeness (QED) is 0.667. The van der Waals surface area contributed by atoms with E-state index in [0.717, 1.165) is 11.1 Å². The van der Waals surface area contributed by atoms with Crippen LogP contribution in [-0.4, -0.2) is 22.5 Å². The lowest BCUT2D eigenvalue weighted by Crippen LogP contribution is -2.25. The van der Waals surface area contributed by atoms with Crippen molar-refractivity contribution in [2.75, 3.05) is 0 Å². The van der Waals surface area contributed by atoms with Crippen molar-refractivity contribution in [2.45, 2.75) is 11.7 Å². The summed E-state index contributed by atoms with van der Waals surface area (Å²) in [5.41, 5.74) is 1.76. The molecule has 1 atom stereocenters. The minimum atomic E-state index is -0.292. The number of hydrogen-bond donors (Lipinski definition) is 1. The lowest BCUT2D eigenvalue weighted by molar-refractivity contribution is -0.118. The maximum Gasteiger partial charge on any atom is 0.239 e. The number of nitrogens with one attached hydrogen (secondary N) is 1. The number of benzene rings is 2. The first-order chi connectivity index (χ1) is 11.6. The summed E-state index contributed by atoms with van der Waals surface area (Å²) in [6, 6.07) is 13.3. The summed E-state index contributed by atoms with van der Waals surface area (Å²) in [7, 11) is 0. The highest BCUT2D eigenvalue weighted by Gasteiger charge is 2.30. The number of amides is 1. The largest absolute Gasteiger partial charge is 0.303 e. The fourth-order valence-corrected chi connectivity index (χ4v) is 3.21. The normalized spacial score (nSPS) is 19.2. The molecule has 1 heterocycles. The number of nitrogens with zero attached hydrogens (tertiary/aromatic N) is 2. The van der Waals surface area contributed by atoms with E-state index >= 15 is 0 Å². The van der Waals surface area contributed by atoms with Crippen molar-refractivity contribution in [3.8, 4) is 0 Å². The highest BCUT2D eigenvalue weighted by atomic mass is 35.5. The molecule has 24 heavy (non-hydrogen) atoms. The number of carbonyl (C=O) groups is 1. The molecule has 4 nitrogen and oxygen atoms in total. The number of thioether (sulfide) groups is 1. The van der Waals surface area contributed by atoms with E-state index < -0.39 is 0 Å². The molecule has 2 aromatic rings. The van der Waals surface area contributed by atoms with Gasteiger partial charge in [-0.1, -0.05) is 47.6 Å². The average molecular weight is 362 g/mol. The van der Waals surface area contributed by atoms with Gasteiger partial charge < -0.3 is 5.32 Å². The van der Waals surface area contributed by atoms with Gasteiger partial charge in [-0.05, 0) is 41.8 Å². The van der Waals surface area contributed by atoms with Crippen LogP contribution >= 0.6 is 23.4 Å². The van der Waals surface area contributed by atoms with Gasteiger partial charge in [-0.3, -0.25) is 4.79 Å². The highest BCUT2D eigenvalue weighted by Crippen LogP contribution is 2.23. The molecule has 1 amide bonds. The van der Waals surface area contributed by atoms with Crippen LogP contribution in [0.2, 0.25) is 5.02 Å². The third kappa shape index (κ3) is 4.43. The van der Waals surface area contributed by atoms with Gasteiger partial charge in [-0.15, -0.1) is 5.10 Å². The zero-order valence-electron chi connectivity index (χ0n) is 12.4. The third-order valence-electron chi connectivity index (χ3n) is 3.34. The Hall–Kier alpha value is -2.18. The lowest BCUT2D eigenvalue weighted by atomic mass is 10.1. The molecular weight excluding hydrogens is 349 g/mol. The van der Waals surface area contributed by atoms with Crippen LogP contribution in [0.5, 0.6) is 0 Å². The zero-order chi connectivity index (χ0) is 16.9. The zero-order valence-corrected chi connectivity index (χ0v) is 14.0. The Morgan fingerprint density at radius 2 is 1.88 bits per heavy atom. The van der Waals surface area contributed by atoms with Crippen molar-refractivity contribution in [3.63, 3.8) is 0 Å². The Balaban J connectivity index is 1.61. The first-order valence-corrected chi connectivity index (χ1v) is 8.44. The topological polar surface area (TPSA) is 53.8 Å². The molecule has 7 heteroatoms. The molecule has 0 unspecified atom stereocenters. The highest BCUT2D eigenvalue weighted by molar-refractivity contribution is 8.15. The van der Waals surface area contributed by atoms with Crippen LogP contribution in [0.4, 0.5) is 4.39 Å². The molecule has 1 N–H and O–H groups in total. The van der Waals surface area contributed by atoms with Gasteiger partial charge in [0, 0.05) is 5.02 Å². The van der Waals surface area contributed by atoms with Gasteiger partial charge in [0.2, 0.25) is 5.91 Å². The number of rotatable bonds is 4. The predicted molar refractivity (Wildman–Crippen MR) is 96.1 cm³/mol. The van der Waals surface area contributed by atoms with Crippen molar-refractivity contribution in [1.29, 1.82) is 0 Å². The second-order valence-electron chi connectivity index (χ2n) is 5.13. The van der Waals surface area contributed by atoms with Gasteiger partial charge in [-0.2, -0.15) is 5.10 Å². The molecule has 0 spiro atoms. The summed E-state index contributed by atoms with van der Waals surface area (Å²) in [6.45, 7) is 0. The fraction of sp³-hybridized carbons (Fsp3) is 0.118. The molecule has 0 radical (unpaired) electrons. The number of carbonyl (C=O) groups excluding carboxylic acids is 1. The fourth-order valence-electron chi connectivity index (χ4n) is 2.12. The van der Waals surface area contributed by atoms with Gasteiger partial charge in [0.25, 0.3) is 0 Å². The standard InChI is InChI=1S/C17H13ClFN3OS/c18-13-5-1-12(2-6-13)10-20-22-17-21-16(23)15(24-17)9-11-3-7-14(19)8-4-11/h1-8,10,15H,9H2,(H,21,22,23)/b20-10-/t15-/m0/s1. The molecule has 3 rings (SSSR count). The molecule has 1 aliphatic heterocycles. The second kappa shape index (κ2) is 7.59. The molecule has 0 aromatic heterocycles. The van der Waals surface area contributed by atoms with Crippen LogP contribution in [0, 0.1) is 5.82 Å². The number of amidine groups is 1. The van der Waals surface area contributed by atoms with Crippen LogP contribution in [0.25, 0.3) is 0 Å². The van der Waals surface area contributed by atoms with E-state index in [0.29, 0.717) is 16.6 Å². The van der Waals surface area contributed by atoms with Crippen molar-refractivity contribution < 1.29 is 9.18 Å². The summed E-state index contributed by atoms with van der Waals surface area (Å²) >= 11 is 7.13. The Bertz CT molecular complexity index is 790. The molecule has 0 saturated carbocycles. The van der Waals surface area contributed by atoms with Crippen molar-refractivity contribution >= 4 is 40.7 Å². The minimum absolute atomic E-state index is 0.121. The predicted octanol–water partition coefficient (Wildman–Crippen LogP) is 3.64. The van der Waals surface area contributed by atoms with E-state index in [1.807, 2.05) is 12.1 Å². The van der Waals surface area contributed by atoms with Gasteiger partial charge in [0.1, 0.15) is 5.82 Å². The summed E-state index contributed by atoms with van der Waals surface area (Å²) in [5, 5.41) is 11.5. The van der Waals surface area contributed by atoms with Crippen molar-refractivity contribution in [1.82, 2.24) is 5.32 Å². The first kappa shape index (κ1) is 16.7. The summed E-state index contributed by atoms with van der Waals surface area (Å²) < 4.78 is 12.9. The molecule has 1 fully saturated rings. The molecule has 2 aromatic carbocycles. The number of hydrogen-bond acceptors (Lipinski definition) is 4. The Labute approximate surface area is 147 Å². The second-order valence-corrected chi connectivity index (χ2v) is 6.76. The van der Waals surface area contributed by atoms with Crippen molar-refractivity contribution in [2.24, 2.45) is 10.2 Å². The molecule has 122 valence electrons. The summed E-state index contributed by atoms with van der Waals surface area (Å²) in [6.07, 6.45) is 2.10. The Kier molecular flexibility index (Phi) is 5.27. The maximum absolute atomic E-state index is 12.9. The molecule has 0 bridgehead atoms. The molecule has 0 aliphatic carbocycles. The Morgan fingerprint density at radius 3 is 2.58 bits per heavy atom. The van der Waals surface area contributed by atoms with E-state index in [9.17, 15) is 9.18 Å². The van der Waals surface area contributed by atoms with E-state index in [4.69, 9.17) is 11.6 Å². The number of halogens is 2. The summed E-state index contributed by atoms with van der Waals surface area (Å²) in [5.74, 6) is -0.411. The van der Waals surface area contributed by atoms with E-state index in [1.165, 1.54) is 23.9 Å². The Morgan fingerprint density at radius 1 is 1.17 bits per heavy atom. The summed E-state index contributed by atoms with van der Waals surface area (Å²) in [4.78, 5) is 12.0. The van der Waals surface area contributed by atoms with Crippen LogP contribution in [0.1, 0.15) is 11.1 Å². The maximum atomic E-state index is 12.9. The van der Waals surface area contributed by atoms with Gasteiger partial charge in [-0.25, -0.2) is 4.39 Å². The molecule has 1 saturated heterocycles. The van der Waals surface area contributed by atoms with E-state index in [1.54, 1.807) is 30.5 Å². The SMILES string of the molecule is O=C1N/C(=N\N=C/c2ccc(Cl)cc2)S[C@H]1Cc1ccc(F)cc1. The van der Waals surface area contributed by atoms with E-state index in [2.05, 4.69) is 15.5 Å². The van der Waals surface area contributed by atoms with Crippen molar-refractivity contribution in [3.05, 3.63) is 70.5 Å². The van der Waals surface area contributed by atoms with Crippen LogP contribution in [-0.2, 0) is 11.2 Å². The monoisotopic (exact) mass is 361 g/mol. The van der Waals surface area contributed by atoms with Crippen LogP contribution in [0.15, 0.2) is 58.7 Å². The third-order valence-corrected chi connectivity index (χ3v) is 4.66. The minimum Gasteiger partial charge on any atom is -0.303 e. The van der Waals surface area contributed by atoms with Gasteiger partial charge in [0.15, 0.2) is 5.17 Å². The first-order valence-electron chi connectivity index (χ1n) is 7.19. The molecule has 1 aliphatic rings. The molecular formula is C17H13ClFN3OS. The smallest absolute Gasteiger partial charge is 0.239 e.